The van der Waals surface area contributed by atoms with E-state index in [1.165, 1.54) is 12.1 Å². The smallest absolute Gasteiger partial charge is 0.407 e. The summed E-state index contributed by atoms with van der Waals surface area (Å²) in [7, 11) is 0. The van der Waals surface area contributed by atoms with Crippen LogP contribution in [0.3, 0.4) is 0 Å². The fourth-order valence-corrected chi connectivity index (χ4v) is 4.52. The van der Waals surface area contributed by atoms with E-state index in [4.69, 9.17) is 18.9 Å². The van der Waals surface area contributed by atoms with E-state index in [0.29, 0.717) is 30.9 Å². The highest BCUT2D eigenvalue weighted by molar-refractivity contribution is 5.73. The summed E-state index contributed by atoms with van der Waals surface area (Å²) < 4.78 is 50.0. The van der Waals surface area contributed by atoms with E-state index < -0.39 is 34.8 Å². The van der Waals surface area contributed by atoms with Crippen molar-refractivity contribution >= 4 is 12.1 Å². The van der Waals surface area contributed by atoms with Crippen molar-refractivity contribution in [3.8, 4) is 11.5 Å². The van der Waals surface area contributed by atoms with Gasteiger partial charge in [0.05, 0.1) is 5.92 Å². The largest absolute Gasteiger partial charge is 0.489 e. The molecule has 45 heavy (non-hydrogen) atoms. The number of alkyl carbamates (subject to hydrolysis) is 1. The number of halogens is 2. The van der Waals surface area contributed by atoms with Crippen molar-refractivity contribution in [1.29, 1.82) is 0 Å². The number of esters is 1. The number of hydrogen-bond donors (Lipinski definition) is 1. The van der Waals surface area contributed by atoms with E-state index in [1.54, 1.807) is 32.9 Å². The molecule has 0 fully saturated rings. The summed E-state index contributed by atoms with van der Waals surface area (Å²) in [6.45, 7) is 13.5. The molecule has 9 heteroatoms. The van der Waals surface area contributed by atoms with Gasteiger partial charge in [-0.2, -0.15) is 0 Å². The normalized spacial score (nSPS) is 13.0. The van der Waals surface area contributed by atoms with Crippen LogP contribution in [0.4, 0.5) is 13.6 Å². The maximum atomic E-state index is 14.0. The fourth-order valence-electron chi connectivity index (χ4n) is 4.52. The molecule has 7 nitrogen and oxygen atoms in total. The van der Waals surface area contributed by atoms with Crippen molar-refractivity contribution in [3.63, 3.8) is 0 Å². The molecule has 3 rings (SSSR count). The molecule has 0 aromatic heterocycles. The zero-order valence-electron chi connectivity index (χ0n) is 27.2. The molecule has 0 aliphatic rings. The summed E-state index contributed by atoms with van der Waals surface area (Å²) in [6.07, 6.45) is 0.501. The van der Waals surface area contributed by atoms with Crippen molar-refractivity contribution in [3.05, 3.63) is 95.1 Å². The Bertz CT molecular complexity index is 1430. The van der Waals surface area contributed by atoms with Gasteiger partial charge in [-0.25, -0.2) is 13.6 Å². The molecule has 1 amide bonds. The molecule has 0 heterocycles. The number of carbonyl (C=O) groups is 2. The molecular formula is C36H45F2NO6. The van der Waals surface area contributed by atoms with Crippen LogP contribution in [-0.2, 0) is 33.9 Å². The molecule has 0 aliphatic carbocycles. The standard InChI is InChI=1S/C36H45F2NO6/c1-24(16-17-39-34(41)45-36(5,6)7)31(33(40)44-35(2,3)4)20-25-10-8-12-29(18-25)42-22-26-11-9-13-30(19-26)43-23-27-14-15-28(37)21-32(27)38/h8-15,18-19,21,24,31H,16-17,20,22-23H2,1-7H3,(H,39,41)/t24-,31+/m1/s1. The summed E-state index contributed by atoms with van der Waals surface area (Å²) in [5.74, 6) is -0.962. The molecule has 0 saturated carbocycles. The SMILES string of the molecule is C[C@H](CCNC(=O)OC(C)(C)C)[C@H](Cc1cccc(OCc2cccc(OCc3ccc(F)cc3F)c2)c1)C(=O)OC(C)(C)C. The molecule has 2 atom stereocenters. The molecule has 1 N–H and O–H groups in total. The Morgan fingerprint density at radius 3 is 2.00 bits per heavy atom. The lowest BCUT2D eigenvalue weighted by molar-refractivity contribution is -0.161. The summed E-state index contributed by atoms with van der Waals surface area (Å²) in [5, 5.41) is 2.77. The van der Waals surface area contributed by atoms with Crippen LogP contribution in [0.15, 0.2) is 66.7 Å². The van der Waals surface area contributed by atoms with E-state index in [0.717, 1.165) is 17.2 Å². The third kappa shape index (κ3) is 12.8. The van der Waals surface area contributed by atoms with Gasteiger partial charge < -0.3 is 24.3 Å². The lowest BCUT2D eigenvalue weighted by Crippen LogP contribution is -2.36. The van der Waals surface area contributed by atoms with E-state index in [-0.39, 0.29) is 30.7 Å². The number of carbonyl (C=O) groups excluding carboxylic acids is 2. The van der Waals surface area contributed by atoms with E-state index in [2.05, 4.69) is 5.32 Å². The van der Waals surface area contributed by atoms with Gasteiger partial charge >= 0.3 is 12.1 Å². The third-order valence-corrected chi connectivity index (χ3v) is 6.73. The van der Waals surface area contributed by atoms with Crippen molar-refractivity contribution in [1.82, 2.24) is 5.32 Å². The van der Waals surface area contributed by atoms with Gasteiger partial charge in [-0.1, -0.05) is 31.2 Å². The highest BCUT2D eigenvalue weighted by Gasteiger charge is 2.30. The zero-order valence-corrected chi connectivity index (χ0v) is 27.2. The van der Waals surface area contributed by atoms with Crippen LogP contribution in [0.25, 0.3) is 0 Å². The Hall–Kier alpha value is -4.14. The monoisotopic (exact) mass is 625 g/mol. The van der Waals surface area contributed by atoms with E-state index in [9.17, 15) is 18.4 Å². The Kier molecular flexibility index (Phi) is 12.4. The van der Waals surface area contributed by atoms with Crippen LogP contribution >= 0.6 is 0 Å². The Morgan fingerprint density at radius 1 is 0.778 bits per heavy atom. The fraction of sp³-hybridized carbons (Fsp3) is 0.444. The first kappa shape index (κ1) is 35.3. The van der Waals surface area contributed by atoms with Gasteiger partial charge in [-0.15, -0.1) is 0 Å². The van der Waals surface area contributed by atoms with Gasteiger partial charge in [0.1, 0.15) is 47.5 Å². The minimum atomic E-state index is -0.657. The first-order chi connectivity index (χ1) is 21.1. The summed E-state index contributed by atoms with van der Waals surface area (Å²) >= 11 is 0. The van der Waals surface area contributed by atoms with Crippen LogP contribution in [0.5, 0.6) is 11.5 Å². The first-order valence-corrected chi connectivity index (χ1v) is 15.1. The predicted molar refractivity (Wildman–Crippen MR) is 169 cm³/mol. The average molecular weight is 626 g/mol. The summed E-state index contributed by atoms with van der Waals surface area (Å²) in [4.78, 5) is 25.4. The summed E-state index contributed by atoms with van der Waals surface area (Å²) in [6, 6.07) is 18.2. The average Bonchev–Trinajstić information content (AvgIpc) is 2.93. The van der Waals surface area contributed by atoms with Crippen LogP contribution in [-0.4, -0.2) is 29.8 Å². The second-order valence-corrected chi connectivity index (χ2v) is 13.1. The van der Waals surface area contributed by atoms with Gasteiger partial charge in [0.2, 0.25) is 0 Å². The van der Waals surface area contributed by atoms with Gasteiger partial charge in [0.15, 0.2) is 0 Å². The Morgan fingerprint density at radius 2 is 1.38 bits per heavy atom. The molecule has 0 spiro atoms. The van der Waals surface area contributed by atoms with Crippen LogP contribution in [0.2, 0.25) is 0 Å². The van der Waals surface area contributed by atoms with E-state index >= 15 is 0 Å². The van der Waals surface area contributed by atoms with Crippen molar-refractivity contribution < 1.29 is 37.3 Å². The summed E-state index contributed by atoms with van der Waals surface area (Å²) in [5.41, 5.74) is 0.780. The molecule has 0 unspecified atom stereocenters. The van der Waals surface area contributed by atoms with Gasteiger partial charge in [-0.05, 0) is 108 Å². The minimum absolute atomic E-state index is 0.0349. The van der Waals surface area contributed by atoms with E-state index in [1.807, 2.05) is 64.1 Å². The first-order valence-electron chi connectivity index (χ1n) is 15.1. The third-order valence-electron chi connectivity index (χ3n) is 6.73. The molecule has 0 bridgehead atoms. The molecule has 3 aromatic carbocycles. The second kappa shape index (κ2) is 15.7. The second-order valence-electron chi connectivity index (χ2n) is 13.1. The number of benzene rings is 3. The van der Waals surface area contributed by atoms with Crippen molar-refractivity contribution in [2.45, 2.75) is 85.7 Å². The number of ether oxygens (including phenoxy) is 4. The Labute approximate surface area is 265 Å². The van der Waals surface area contributed by atoms with Crippen LogP contribution < -0.4 is 14.8 Å². The molecule has 0 radical (unpaired) electrons. The van der Waals surface area contributed by atoms with Crippen LogP contribution in [0, 0.1) is 23.5 Å². The highest BCUT2D eigenvalue weighted by Crippen LogP contribution is 2.27. The minimum Gasteiger partial charge on any atom is -0.489 e. The maximum absolute atomic E-state index is 14.0. The predicted octanol–water partition coefficient (Wildman–Crippen LogP) is 8.17. The van der Waals surface area contributed by atoms with Gasteiger partial charge in [0.25, 0.3) is 0 Å². The van der Waals surface area contributed by atoms with Crippen molar-refractivity contribution in [2.24, 2.45) is 11.8 Å². The molecular weight excluding hydrogens is 580 g/mol. The highest BCUT2D eigenvalue weighted by atomic mass is 19.1. The number of amides is 1. The Balaban J connectivity index is 1.62. The lowest BCUT2D eigenvalue weighted by Gasteiger charge is -2.28. The zero-order chi connectivity index (χ0) is 33.2. The van der Waals surface area contributed by atoms with Gasteiger partial charge in [-0.3, -0.25) is 4.79 Å². The molecule has 244 valence electrons. The number of nitrogens with one attached hydrogen (secondary N) is 1. The lowest BCUT2D eigenvalue weighted by atomic mass is 9.85. The number of hydrogen-bond acceptors (Lipinski definition) is 6. The quantitative estimate of drug-likeness (QED) is 0.193. The molecule has 0 saturated heterocycles. The molecule has 3 aromatic rings. The molecule has 0 aliphatic heterocycles. The maximum Gasteiger partial charge on any atom is 0.407 e. The topological polar surface area (TPSA) is 83.1 Å². The number of rotatable bonds is 13. The van der Waals surface area contributed by atoms with Crippen LogP contribution in [0.1, 0.15) is 71.6 Å². The van der Waals surface area contributed by atoms with Crippen molar-refractivity contribution in [2.75, 3.05) is 6.54 Å². The van der Waals surface area contributed by atoms with Gasteiger partial charge in [0, 0.05) is 18.2 Å².